The first-order valence-electron chi connectivity index (χ1n) is 6.49. The zero-order chi connectivity index (χ0) is 13.9. The molecule has 2 aromatic rings. The fraction of sp³-hybridized carbons (Fsp3) is 0.286. The Labute approximate surface area is 115 Å². The minimum atomic E-state index is -0.400. The Morgan fingerprint density at radius 2 is 2.10 bits per heavy atom. The monoisotopic (exact) mass is 270 g/mol. The summed E-state index contributed by atoms with van der Waals surface area (Å²) in [4.78, 5) is 31.4. The van der Waals surface area contributed by atoms with Gasteiger partial charge < -0.3 is 10.6 Å². The van der Waals surface area contributed by atoms with Gasteiger partial charge in [-0.25, -0.2) is 0 Å². The van der Waals surface area contributed by atoms with Crippen LogP contribution in [0.4, 0.5) is 0 Å². The summed E-state index contributed by atoms with van der Waals surface area (Å²) in [5, 5.41) is 5.47. The van der Waals surface area contributed by atoms with Crippen molar-refractivity contribution in [1.29, 1.82) is 0 Å². The zero-order valence-electron chi connectivity index (χ0n) is 10.8. The number of nitrogens with one attached hydrogen (secondary N) is 2. The minimum absolute atomic E-state index is 0.0638. The number of hydrogen-bond acceptors (Lipinski definition) is 4. The summed E-state index contributed by atoms with van der Waals surface area (Å²) in [5.74, 6) is -0.207. The highest BCUT2D eigenvalue weighted by Crippen LogP contribution is 2.11. The Morgan fingerprint density at radius 3 is 2.85 bits per heavy atom. The summed E-state index contributed by atoms with van der Waals surface area (Å²) in [6.07, 6.45) is 4.27. The molecule has 0 spiro atoms. The highest BCUT2D eigenvalue weighted by molar-refractivity contribution is 5.90. The quantitative estimate of drug-likeness (QED) is 0.852. The van der Waals surface area contributed by atoms with E-state index in [2.05, 4.69) is 20.6 Å². The first-order chi connectivity index (χ1) is 9.72. The highest BCUT2D eigenvalue weighted by Gasteiger charge is 2.26. The second kappa shape index (κ2) is 5.24. The zero-order valence-corrected chi connectivity index (χ0v) is 10.8. The topological polar surface area (TPSA) is 84.0 Å². The predicted octanol–water partition coefficient (Wildman–Crippen LogP) is 0.525. The number of nitrogens with zero attached hydrogens (tertiary/aromatic N) is 2. The van der Waals surface area contributed by atoms with Gasteiger partial charge in [0.1, 0.15) is 6.04 Å². The van der Waals surface area contributed by atoms with Gasteiger partial charge in [-0.1, -0.05) is 6.07 Å². The lowest BCUT2D eigenvalue weighted by Gasteiger charge is -2.11. The van der Waals surface area contributed by atoms with Crippen LogP contribution in [0.5, 0.6) is 0 Å². The van der Waals surface area contributed by atoms with Crippen molar-refractivity contribution >= 4 is 22.8 Å². The number of fused-ring (bicyclic) bond motifs is 1. The second-order valence-corrected chi connectivity index (χ2v) is 4.76. The van der Waals surface area contributed by atoms with Crippen LogP contribution < -0.4 is 10.6 Å². The number of amides is 2. The summed E-state index contributed by atoms with van der Waals surface area (Å²) in [6, 6.07) is 5.28. The smallest absolute Gasteiger partial charge is 0.242 e. The lowest BCUT2D eigenvalue weighted by atomic mass is 10.1. The first kappa shape index (κ1) is 12.5. The van der Waals surface area contributed by atoms with E-state index in [0.29, 0.717) is 19.4 Å². The van der Waals surface area contributed by atoms with E-state index in [1.807, 2.05) is 18.2 Å². The summed E-state index contributed by atoms with van der Waals surface area (Å²) >= 11 is 0. The molecule has 102 valence electrons. The van der Waals surface area contributed by atoms with E-state index in [9.17, 15) is 9.59 Å². The first-order valence-corrected chi connectivity index (χ1v) is 6.49. The van der Waals surface area contributed by atoms with Crippen LogP contribution >= 0.6 is 0 Å². The van der Waals surface area contributed by atoms with Crippen LogP contribution in [0, 0.1) is 0 Å². The van der Waals surface area contributed by atoms with Gasteiger partial charge in [-0.2, -0.15) is 0 Å². The fourth-order valence-electron chi connectivity index (χ4n) is 2.24. The maximum Gasteiger partial charge on any atom is 0.242 e. The SMILES string of the molecule is O=C1CCC(C(=O)NCc2ccc3nccnc3c2)N1. The molecule has 0 aliphatic carbocycles. The van der Waals surface area contributed by atoms with E-state index in [1.165, 1.54) is 0 Å². The standard InChI is InChI=1S/C14H14N4O2/c19-13-4-3-11(18-13)14(20)17-8-9-1-2-10-12(7-9)16-6-5-15-10/h1-2,5-7,11H,3-4,8H2,(H,17,20)(H,18,19). The van der Waals surface area contributed by atoms with Crippen molar-refractivity contribution in [2.24, 2.45) is 0 Å². The van der Waals surface area contributed by atoms with E-state index in [1.54, 1.807) is 12.4 Å². The van der Waals surface area contributed by atoms with Gasteiger partial charge in [-0.15, -0.1) is 0 Å². The maximum absolute atomic E-state index is 11.9. The van der Waals surface area contributed by atoms with E-state index < -0.39 is 6.04 Å². The van der Waals surface area contributed by atoms with Crippen LogP contribution in [0.1, 0.15) is 18.4 Å². The number of benzene rings is 1. The number of hydrogen-bond donors (Lipinski definition) is 2. The molecule has 0 bridgehead atoms. The number of aromatic nitrogens is 2. The normalized spacial score (nSPS) is 18.0. The molecule has 1 atom stereocenters. The van der Waals surface area contributed by atoms with Crippen LogP contribution in [0.2, 0.25) is 0 Å². The Balaban J connectivity index is 1.64. The van der Waals surface area contributed by atoms with E-state index >= 15 is 0 Å². The van der Waals surface area contributed by atoms with Crippen molar-refractivity contribution in [3.8, 4) is 0 Å². The number of carbonyl (C=O) groups is 2. The average Bonchev–Trinajstić information content (AvgIpc) is 2.91. The van der Waals surface area contributed by atoms with Gasteiger partial charge in [-0.05, 0) is 24.1 Å². The predicted molar refractivity (Wildman–Crippen MR) is 72.5 cm³/mol. The molecule has 1 aliphatic heterocycles. The molecule has 0 radical (unpaired) electrons. The molecule has 2 amide bonds. The fourth-order valence-corrected chi connectivity index (χ4v) is 2.24. The van der Waals surface area contributed by atoms with Crippen molar-refractivity contribution in [2.75, 3.05) is 0 Å². The van der Waals surface area contributed by atoms with Crippen LogP contribution in [0.25, 0.3) is 11.0 Å². The highest BCUT2D eigenvalue weighted by atomic mass is 16.2. The molecule has 0 saturated carbocycles. The van der Waals surface area contributed by atoms with Crippen molar-refractivity contribution in [2.45, 2.75) is 25.4 Å². The lowest BCUT2D eigenvalue weighted by Crippen LogP contribution is -2.41. The van der Waals surface area contributed by atoms with Crippen molar-refractivity contribution < 1.29 is 9.59 Å². The molecule has 20 heavy (non-hydrogen) atoms. The van der Waals surface area contributed by atoms with Crippen molar-refractivity contribution in [3.05, 3.63) is 36.2 Å². The average molecular weight is 270 g/mol. The van der Waals surface area contributed by atoms with E-state index in [4.69, 9.17) is 0 Å². The summed E-state index contributed by atoms with van der Waals surface area (Å²) < 4.78 is 0. The molecule has 6 nitrogen and oxygen atoms in total. The summed E-state index contributed by atoms with van der Waals surface area (Å²) in [5.41, 5.74) is 2.58. The third kappa shape index (κ3) is 2.59. The van der Waals surface area contributed by atoms with E-state index in [0.717, 1.165) is 16.6 Å². The Hall–Kier alpha value is -2.50. The molecule has 1 fully saturated rings. The van der Waals surface area contributed by atoms with E-state index in [-0.39, 0.29) is 11.8 Å². The Morgan fingerprint density at radius 1 is 1.30 bits per heavy atom. The third-order valence-electron chi connectivity index (χ3n) is 3.31. The van der Waals surface area contributed by atoms with Gasteiger partial charge >= 0.3 is 0 Å². The van der Waals surface area contributed by atoms with Gasteiger partial charge in [0.15, 0.2) is 0 Å². The lowest BCUT2D eigenvalue weighted by molar-refractivity contribution is -0.125. The molecule has 1 saturated heterocycles. The maximum atomic E-state index is 11.9. The van der Waals surface area contributed by atoms with Crippen LogP contribution in [-0.2, 0) is 16.1 Å². The van der Waals surface area contributed by atoms with Gasteiger partial charge in [0, 0.05) is 25.4 Å². The van der Waals surface area contributed by atoms with Gasteiger partial charge in [0.2, 0.25) is 11.8 Å². The number of carbonyl (C=O) groups excluding carboxylic acids is 2. The molecule has 1 aromatic carbocycles. The summed E-state index contributed by atoms with van der Waals surface area (Å²) in [6.45, 7) is 0.414. The van der Waals surface area contributed by atoms with Crippen LogP contribution in [0.15, 0.2) is 30.6 Å². The van der Waals surface area contributed by atoms with Crippen LogP contribution in [0.3, 0.4) is 0 Å². The van der Waals surface area contributed by atoms with Gasteiger partial charge in [0.05, 0.1) is 11.0 Å². The second-order valence-electron chi connectivity index (χ2n) is 4.76. The molecule has 6 heteroatoms. The van der Waals surface area contributed by atoms with Crippen LogP contribution in [-0.4, -0.2) is 27.8 Å². The largest absolute Gasteiger partial charge is 0.350 e. The number of rotatable bonds is 3. The van der Waals surface area contributed by atoms with Crippen molar-refractivity contribution in [3.63, 3.8) is 0 Å². The molecular formula is C14H14N4O2. The Bertz CT molecular complexity index is 671. The Kier molecular flexibility index (Phi) is 3.28. The summed E-state index contributed by atoms with van der Waals surface area (Å²) in [7, 11) is 0. The third-order valence-corrected chi connectivity index (χ3v) is 3.31. The van der Waals surface area contributed by atoms with Gasteiger partial charge in [-0.3, -0.25) is 19.6 Å². The minimum Gasteiger partial charge on any atom is -0.350 e. The molecule has 2 N–H and O–H groups in total. The molecule has 2 heterocycles. The molecular weight excluding hydrogens is 256 g/mol. The molecule has 1 aliphatic rings. The van der Waals surface area contributed by atoms with Crippen molar-refractivity contribution in [1.82, 2.24) is 20.6 Å². The molecule has 3 rings (SSSR count). The molecule has 1 aromatic heterocycles. The molecule has 1 unspecified atom stereocenters. The van der Waals surface area contributed by atoms with Gasteiger partial charge in [0.25, 0.3) is 0 Å².